The van der Waals surface area contributed by atoms with Gasteiger partial charge in [-0.1, -0.05) is 0 Å². The summed E-state index contributed by atoms with van der Waals surface area (Å²) in [5.74, 6) is -0.518. The van der Waals surface area contributed by atoms with E-state index < -0.39 is 17.7 Å². The number of aryl methyl sites for hydroxylation is 3. The van der Waals surface area contributed by atoms with Crippen LogP contribution < -0.4 is 5.63 Å². The molecule has 0 fully saturated rings. The SMILES string of the molecule is Cc1[nH]c(C(=O)OCc2cc(=O)oc3cc4c(cc23)CCC4)c(C)c1[C@H](C)O. The molecular formula is C22H23NO5. The molecular weight excluding hydrogens is 358 g/mol. The summed E-state index contributed by atoms with van der Waals surface area (Å²) in [5.41, 5.74) is 5.61. The lowest BCUT2D eigenvalue weighted by Crippen LogP contribution is -2.10. The molecule has 1 atom stereocenters. The number of fused-ring (bicyclic) bond motifs is 2. The molecule has 0 unspecified atom stereocenters. The zero-order valence-electron chi connectivity index (χ0n) is 16.2. The summed E-state index contributed by atoms with van der Waals surface area (Å²) >= 11 is 0. The third-order valence-electron chi connectivity index (χ3n) is 5.52. The lowest BCUT2D eigenvalue weighted by Gasteiger charge is -2.09. The molecule has 2 aromatic heterocycles. The van der Waals surface area contributed by atoms with Crippen molar-refractivity contribution in [3.63, 3.8) is 0 Å². The molecule has 0 radical (unpaired) electrons. The van der Waals surface area contributed by atoms with Gasteiger partial charge in [0.2, 0.25) is 0 Å². The van der Waals surface area contributed by atoms with Crippen molar-refractivity contribution in [1.29, 1.82) is 0 Å². The second-order valence-electron chi connectivity index (χ2n) is 7.48. The lowest BCUT2D eigenvalue weighted by molar-refractivity contribution is 0.0466. The average Bonchev–Trinajstić information content (AvgIpc) is 3.20. The lowest BCUT2D eigenvalue weighted by atomic mass is 10.0. The summed E-state index contributed by atoms with van der Waals surface area (Å²) in [7, 11) is 0. The van der Waals surface area contributed by atoms with Crippen LogP contribution >= 0.6 is 0 Å². The fourth-order valence-electron chi connectivity index (χ4n) is 4.22. The molecule has 146 valence electrons. The number of aliphatic hydroxyl groups is 1. The highest BCUT2D eigenvalue weighted by Crippen LogP contribution is 2.29. The molecule has 0 amide bonds. The molecule has 28 heavy (non-hydrogen) atoms. The van der Waals surface area contributed by atoms with Crippen LogP contribution in [-0.2, 0) is 24.2 Å². The van der Waals surface area contributed by atoms with Crippen molar-refractivity contribution in [2.75, 3.05) is 0 Å². The molecule has 0 bridgehead atoms. The van der Waals surface area contributed by atoms with Crippen LogP contribution in [0.3, 0.4) is 0 Å². The van der Waals surface area contributed by atoms with Gasteiger partial charge in [0, 0.05) is 28.3 Å². The normalized spacial score (nSPS) is 14.3. The van der Waals surface area contributed by atoms with Crippen molar-refractivity contribution >= 4 is 16.9 Å². The highest BCUT2D eigenvalue weighted by atomic mass is 16.5. The second kappa shape index (κ2) is 6.95. The standard InChI is InChI=1S/C22H23NO5/c1-11-20(13(3)24)12(2)23-21(11)22(26)27-10-16-9-19(25)28-18-8-15-6-4-5-14(15)7-17(16)18/h7-9,13,23-24H,4-6,10H2,1-3H3/t13-/m0/s1. The van der Waals surface area contributed by atoms with Crippen LogP contribution in [0.4, 0.5) is 0 Å². The molecule has 1 aromatic carbocycles. The number of hydrogen-bond acceptors (Lipinski definition) is 5. The van der Waals surface area contributed by atoms with Gasteiger partial charge < -0.3 is 19.2 Å². The van der Waals surface area contributed by atoms with E-state index in [-0.39, 0.29) is 6.61 Å². The minimum atomic E-state index is -0.678. The van der Waals surface area contributed by atoms with Gasteiger partial charge in [-0.2, -0.15) is 0 Å². The Morgan fingerprint density at radius 1 is 1.25 bits per heavy atom. The number of ether oxygens (including phenoxy) is 1. The molecule has 2 heterocycles. The average molecular weight is 381 g/mol. The van der Waals surface area contributed by atoms with Crippen LogP contribution in [0.1, 0.15) is 63.4 Å². The Labute approximate surface area is 162 Å². The van der Waals surface area contributed by atoms with E-state index in [1.54, 1.807) is 13.8 Å². The summed E-state index contributed by atoms with van der Waals surface area (Å²) in [6.07, 6.45) is 2.41. The Kier molecular flexibility index (Phi) is 4.59. The molecule has 0 saturated heterocycles. The third kappa shape index (κ3) is 3.14. The largest absolute Gasteiger partial charge is 0.456 e. The van der Waals surface area contributed by atoms with Gasteiger partial charge in [0.1, 0.15) is 17.9 Å². The van der Waals surface area contributed by atoms with Gasteiger partial charge in [0.05, 0.1) is 6.10 Å². The first-order valence-electron chi connectivity index (χ1n) is 9.48. The van der Waals surface area contributed by atoms with Gasteiger partial charge in [-0.25, -0.2) is 9.59 Å². The van der Waals surface area contributed by atoms with Crippen molar-refractivity contribution in [3.8, 4) is 0 Å². The molecule has 0 saturated carbocycles. The molecule has 6 nitrogen and oxygen atoms in total. The number of carbonyl (C=O) groups excluding carboxylic acids is 1. The van der Waals surface area contributed by atoms with Crippen LogP contribution in [0.5, 0.6) is 0 Å². The summed E-state index contributed by atoms with van der Waals surface area (Å²) < 4.78 is 10.8. The van der Waals surface area contributed by atoms with Gasteiger partial charge in [-0.05, 0) is 68.9 Å². The van der Waals surface area contributed by atoms with E-state index in [1.807, 2.05) is 19.1 Å². The van der Waals surface area contributed by atoms with Gasteiger partial charge in [-0.15, -0.1) is 0 Å². The van der Waals surface area contributed by atoms with Crippen LogP contribution in [0.2, 0.25) is 0 Å². The van der Waals surface area contributed by atoms with Gasteiger partial charge in [0.25, 0.3) is 0 Å². The van der Waals surface area contributed by atoms with E-state index in [0.29, 0.717) is 28.0 Å². The number of rotatable bonds is 4. The highest BCUT2D eigenvalue weighted by molar-refractivity contribution is 5.90. The summed E-state index contributed by atoms with van der Waals surface area (Å²) in [5, 5.41) is 10.7. The van der Waals surface area contributed by atoms with E-state index in [4.69, 9.17) is 9.15 Å². The van der Waals surface area contributed by atoms with E-state index in [0.717, 1.165) is 30.3 Å². The molecule has 2 N–H and O–H groups in total. The summed E-state index contributed by atoms with van der Waals surface area (Å²) in [6.45, 7) is 5.22. The highest BCUT2D eigenvalue weighted by Gasteiger charge is 2.22. The number of benzene rings is 1. The predicted molar refractivity (Wildman–Crippen MR) is 105 cm³/mol. The van der Waals surface area contributed by atoms with Crippen LogP contribution in [0.25, 0.3) is 11.0 Å². The first-order valence-corrected chi connectivity index (χ1v) is 9.48. The number of hydrogen-bond donors (Lipinski definition) is 2. The molecule has 1 aliphatic carbocycles. The Morgan fingerprint density at radius 2 is 1.96 bits per heavy atom. The molecule has 0 spiro atoms. The zero-order chi connectivity index (χ0) is 20.0. The zero-order valence-corrected chi connectivity index (χ0v) is 16.2. The monoisotopic (exact) mass is 381 g/mol. The van der Waals surface area contributed by atoms with Crippen molar-refractivity contribution < 1.29 is 19.1 Å². The topological polar surface area (TPSA) is 92.5 Å². The van der Waals surface area contributed by atoms with Crippen molar-refractivity contribution in [1.82, 2.24) is 4.98 Å². The number of aliphatic hydroxyl groups excluding tert-OH is 1. The van der Waals surface area contributed by atoms with Gasteiger partial charge in [-0.3, -0.25) is 0 Å². The van der Waals surface area contributed by atoms with Crippen molar-refractivity contribution in [2.24, 2.45) is 0 Å². The predicted octanol–water partition coefficient (Wildman–Crippen LogP) is 3.64. The third-order valence-corrected chi connectivity index (χ3v) is 5.52. The van der Waals surface area contributed by atoms with E-state index in [1.165, 1.54) is 17.2 Å². The first kappa shape index (κ1) is 18.5. The quantitative estimate of drug-likeness (QED) is 0.532. The maximum Gasteiger partial charge on any atom is 0.355 e. The van der Waals surface area contributed by atoms with Gasteiger partial charge in [0.15, 0.2) is 0 Å². The second-order valence-corrected chi connectivity index (χ2v) is 7.48. The fraction of sp³-hybridized carbons (Fsp3) is 0.364. The Balaban J connectivity index is 1.63. The molecule has 4 rings (SSSR count). The first-order chi connectivity index (χ1) is 13.3. The Hall–Kier alpha value is -2.86. The number of aromatic nitrogens is 1. The number of H-pyrrole nitrogens is 1. The molecule has 6 heteroatoms. The maximum absolute atomic E-state index is 12.6. The number of esters is 1. The van der Waals surface area contributed by atoms with Crippen molar-refractivity contribution in [2.45, 2.75) is 52.7 Å². The minimum absolute atomic E-state index is 0.0265. The van der Waals surface area contributed by atoms with E-state index in [2.05, 4.69) is 4.98 Å². The minimum Gasteiger partial charge on any atom is -0.456 e. The van der Waals surface area contributed by atoms with Crippen LogP contribution in [0, 0.1) is 13.8 Å². The Morgan fingerprint density at radius 3 is 2.64 bits per heavy atom. The van der Waals surface area contributed by atoms with E-state index >= 15 is 0 Å². The van der Waals surface area contributed by atoms with Crippen molar-refractivity contribution in [3.05, 3.63) is 67.8 Å². The summed E-state index contributed by atoms with van der Waals surface area (Å²) in [4.78, 5) is 27.6. The van der Waals surface area contributed by atoms with Gasteiger partial charge >= 0.3 is 11.6 Å². The summed E-state index contributed by atoms with van der Waals surface area (Å²) in [6, 6.07) is 5.35. The molecule has 1 aliphatic rings. The smallest absolute Gasteiger partial charge is 0.355 e. The maximum atomic E-state index is 12.6. The molecule has 3 aromatic rings. The number of carbonyl (C=O) groups is 1. The number of aromatic amines is 1. The molecule has 0 aliphatic heterocycles. The number of nitrogens with one attached hydrogen (secondary N) is 1. The van der Waals surface area contributed by atoms with Crippen LogP contribution in [0.15, 0.2) is 27.4 Å². The Bertz CT molecular complexity index is 1140. The fourth-order valence-corrected chi connectivity index (χ4v) is 4.22. The van der Waals surface area contributed by atoms with Crippen LogP contribution in [-0.4, -0.2) is 16.1 Å². The van der Waals surface area contributed by atoms with E-state index in [9.17, 15) is 14.7 Å².